The molecule has 3 rings (SSSR count). The van der Waals surface area contributed by atoms with Gasteiger partial charge in [0.05, 0.1) is 41.5 Å². The summed E-state index contributed by atoms with van der Waals surface area (Å²) in [6.07, 6.45) is 1.59. The first-order valence-electron chi connectivity index (χ1n) is 8.82. The molecule has 0 aliphatic rings. The van der Waals surface area contributed by atoms with Crippen LogP contribution in [0.5, 0.6) is 11.5 Å². The summed E-state index contributed by atoms with van der Waals surface area (Å²) >= 11 is 19.2. The standard InChI is InChI=1S/C20H21Cl3N4O2/c1-20(2,3)9-25-18-10-6-14(21)24-8-11(10)26-19(27-18)15-16(22)12(28-4)7-13(29-5)17(15)23/h6-8H,9H2,1-5H3,(H,25,26,27). The predicted molar refractivity (Wildman–Crippen MR) is 119 cm³/mol. The monoisotopic (exact) mass is 454 g/mol. The lowest BCUT2D eigenvalue weighted by Gasteiger charge is -2.20. The van der Waals surface area contributed by atoms with Crippen molar-refractivity contribution < 1.29 is 9.47 Å². The summed E-state index contributed by atoms with van der Waals surface area (Å²) in [5.74, 6) is 1.75. The van der Waals surface area contributed by atoms with E-state index in [0.29, 0.717) is 56.0 Å². The lowest BCUT2D eigenvalue weighted by Crippen LogP contribution is -2.20. The minimum atomic E-state index is 0.0305. The first-order chi connectivity index (χ1) is 13.6. The number of rotatable bonds is 5. The average Bonchev–Trinajstić information content (AvgIpc) is 2.66. The quantitative estimate of drug-likeness (QED) is 0.467. The van der Waals surface area contributed by atoms with Crippen LogP contribution in [0.15, 0.2) is 18.3 Å². The first-order valence-corrected chi connectivity index (χ1v) is 9.95. The SMILES string of the molecule is COc1cc(OC)c(Cl)c(-c2nc(NCC(C)(C)C)c3cc(Cl)ncc3n2)c1Cl. The van der Waals surface area contributed by atoms with E-state index in [2.05, 4.69) is 36.1 Å². The van der Waals surface area contributed by atoms with Gasteiger partial charge < -0.3 is 14.8 Å². The fourth-order valence-electron chi connectivity index (χ4n) is 2.68. The molecule has 0 radical (unpaired) electrons. The third-order valence-corrected chi connectivity index (χ3v) is 5.09. The van der Waals surface area contributed by atoms with E-state index >= 15 is 0 Å². The second-order valence-corrected chi connectivity index (χ2v) is 8.76. The maximum atomic E-state index is 6.55. The zero-order valence-electron chi connectivity index (χ0n) is 16.7. The van der Waals surface area contributed by atoms with Gasteiger partial charge in [0.2, 0.25) is 0 Å². The Balaban J connectivity index is 2.27. The van der Waals surface area contributed by atoms with Gasteiger partial charge in [0.25, 0.3) is 0 Å². The molecule has 0 unspecified atom stereocenters. The van der Waals surface area contributed by atoms with Crippen molar-refractivity contribution in [2.24, 2.45) is 5.41 Å². The Morgan fingerprint density at radius 2 is 1.59 bits per heavy atom. The lowest BCUT2D eigenvalue weighted by atomic mass is 9.97. The molecule has 1 aromatic carbocycles. The molecule has 0 amide bonds. The van der Waals surface area contributed by atoms with E-state index < -0.39 is 0 Å². The average molecular weight is 456 g/mol. The summed E-state index contributed by atoms with van der Waals surface area (Å²) in [5.41, 5.74) is 1.05. The number of fused-ring (bicyclic) bond motifs is 1. The molecule has 9 heteroatoms. The highest BCUT2D eigenvalue weighted by atomic mass is 35.5. The Bertz CT molecular complexity index is 1040. The maximum absolute atomic E-state index is 6.55. The fourth-order valence-corrected chi connectivity index (χ4v) is 3.51. The number of hydrogen-bond acceptors (Lipinski definition) is 6. The zero-order valence-corrected chi connectivity index (χ0v) is 19.0. The van der Waals surface area contributed by atoms with Gasteiger partial charge >= 0.3 is 0 Å². The van der Waals surface area contributed by atoms with Crippen LogP contribution >= 0.6 is 34.8 Å². The van der Waals surface area contributed by atoms with Crippen LogP contribution in [0.4, 0.5) is 5.82 Å². The normalized spacial score (nSPS) is 11.6. The molecule has 2 heterocycles. The third-order valence-electron chi connectivity index (χ3n) is 4.13. The Labute approximate surface area is 184 Å². The summed E-state index contributed by atoms with van der Waals surface area (Å²) < 4.78 is 10.7. The minimum absolute atomic E-state index is 0.0305. The van der Waals surface area contributed by atoms with Gasteiger partial charge in [-0.25, -0.2) is 15.0 Å². The summed E-state index contributed by atoms with van der Waals surface area (Å²) in [6.45, 7) is 7.06. The Morgan fingerprint density at radius 3 is 2.14 bits per heavy atom. The Kier molecular flexibility index (Phi) is 6.27. The van der Waals surface area contributed by atoms with E-state index in [4.69, 9.17) is 49.3 Å². The minimum Gasteiger partial charge on any atom is -0.495 e. The fraction of sp³-hybridized carbons (Fsp3) is 0.350. The molecule has 6 nitrogen and oxygen atoms in total. The van der Waals surface area contributed by atoms with Gasteiger partial charge in [-0.1, -0.05) is 55.6 Å². The van der Waals surface area contributed by atoms with E-state index in [1.807, 2.05) is 0 Å². The molecule has 154 valence electrons. The Morgan fingerprint density at radius 1 is 0.966 bits per heavy atom. The first kappa shape index (κ1) is 21.7. The summed E-state index contributed by atoms with van der Waals surface area (Å²) in [5, 5.41) is 5.06. The van der Waals surface area contributed by atoms with Crippen LogP contribution in [-0.4, -0.2) is 35.7 Å². The van der Waals surface area contributed by atoms with E-state index in [1.165, 1.54) is 14.2 Å². The highest BCUT2D eigenvalue weighted by molar-refractivity contribution is 6.41. The molecule has 0 saturated heterocycles. The number of hydrogen-bond donors (Lipinski definition) is 1. The van der Waals surface area contributed by atoms with Crippen molar-refractivity contribution in [2.75, 3.05) is 26.1 Å². The van der Waals surface area contributed by atoms with Gasteiger partial charge in [-0.05, 0) is 11.5 Å². The predicted octanol–water partition coefficient (Wildman–Crippen LogP) is 6.13. The van der Waals surface area contributed by atoms with E-state index in [-0.39, 0.29) is 5.41 Å². The number of halogens is 3. The van der Waals surface area contributed by atoms with Gasteiger partial charge in [0, 0.05) is 18.0 Å². The van der Waals surface area contributed by atoms with Gasteiger partial charge in [0.1, 0.15) is 22.5 Å². The van der Waals surface area contributed by atoms with Gasteiger partial charge in [0.15, 0.2) is 5.82 Å². The van der Waals surface area contributed by atoms with Crippen molar-refractivity contribution in [1.29, 1.82) is 0 Å². The van der Waals surface area contributed by atoms with Gasteiger partial charge in [-0.15, -0.1) is 0 Å². The van der Waals surface area contributed by atoms with Crippen molar-refractivity contribution in [1.82, 2.24) is 15.0 Å². The van der Waals surface area contributed by atoms with Crippen LogP contribution in [0.3, 0.4) is 0 Å². The van der Waals surface area contributed by atoms with Crippen LogP contribution in [0.1, 0.15) is 20.8 Å². The molecule has 0 aliphatic carbocycles. The van der Waals surface area contributed by atoms with Crippen molar-refractivity contribution in [3.8, 4) is 22.9 Å². The molecule has 0 aliphatic heterocycles. The molecule has 1 N–H and O–H groups in total. The van der Waals surface area contributed by atoms with Crippen LogP contribution in [0.25, 0.3) is 22.3 Å². The third kappa shape index (κ3) is 4.60. The summed E-state index contributed by atoms with van der Waals surface area (Å²) in [4.78, 5) is 13.4. The van der Waals surface area contributed by atoms with Crippen molar-refractivity contribution in [2.45, 2.75) is 20.8 Å². The number of ether oxygens (including phenoxy) is 2. The topological polar surface area (TPSA) is 69.2 Å². The van der Waals surface area contributed by atoms with Crippen LogP contribution in [-0.2, 0) is 0 Å². The van der Waals surface area contributed by atoms with Crippen molar-refractivity contribution in [3.63, 3.8) is 0 Å². The second-order valence-electron chi connectivity index (χ2n) is 7.62. The Hall–Kier alpha value is -2.02. The van der Waals surface area contributed by atoms with E-state index in [1.54, 1.807) is 18.3 Å². The van der Waals surface area contributed by atoms with Crippen LogP contribution in [0.2, 0.25) is 15.2 Å². The van der Waals surface area contributed by atoms with Crippen molar-refractivity contribution in [3.05, 3.63) is 33.5 Å². The number of methoxy groups -OCH3 is 2. The molecular weight excluding hydrogens is 435 g/mol. The number of benzene rings is 1. The van der Waals surface area contributed by atoms with E-state index in [0.717, 1.165) is 5.39 Å². The molecule has 3 aromatic rings. The maximum Gasteiger partial charge on any atom is 0.165 e. The van der Waals surface area contributed by atoms with Gasteiger partial charge in [-0.2, -0.15) is 0 Å². The molecule has 0 saturated carbocycles. The van der Waals surface area contributed by atoms with Crippen LogP contribution in [0, 0.1) is 5.41 Å². The molecule has 2 aromatic heterocycles. The zero-order chi connectivity index (χ0) is 21.3. The second kappa shape index (κ2) is 8.38. The largest absolute Gasteiger partial charge is 0.495 e. The van der Waals surface area contributed by atoms with Crippen LogP contribution < -0.4 is 14.8 Å². The number of aromatic nitrogens is 3. The van der Waals surface area contributed by atoms with Gasteiger partial charge in [-0.3, -0.25) is 0 Å². The molecular formula is C20H21Cl3N4O2. The van der Waals surface area contributed by atoms with Crippen molar-refractivity contribution >= 4 is 51.5 Å². The lowest BCUT2D eigenvalue weighted by molar-refractivity contribution is 0.395. The molecule has 0 bridgehead atoms. The number of nitrogens with zero attached hydrogens (tertiary/aromatic N) is 3. The van der Waals surface area contributed by atoms with E-state index in [9.17, 15) is 0 Å². The smallest absolute Gasteiger partial charge is 0.165 e. The molecule has 0 atom stereocenters. The number of nitrogens with one attached hydrogen (secondary N) is 1. The summed E-state index contributed by atoms with van der Waals surface area (Å²) in [7, 11) is 3.03. The highest BCUT2D eigenvalue weighted by Gasteiger charge is 2.22. The molecule has 0 fully saturated rings. The molecule has 29 heavy (non-hydrogen) atoms. The number of pyridine rings is 1. The molecule has 0 spiro atoms. The number of anilines is 1. The highest BCUT2D eigenvalue weighted by Crippen LogP contribution is 2.45. The summed E-state index contributed by atoms with van der Waals surface area (Å²) in [6, 6.07) is 3.34.